The molecular weight excluding hydrogens is 450 g/mol. The summed E-state index contributed by atoms with van der Waals surface area (Å²) in [6.45, 7) is 6.61. The van der Waals surface area contributed by atoms with E-state index in [1.807, 2.05) is 18.2 Å². The van der Waals surface area contributed by atoms with Gasteiger partial charge >= 0.3 is 0 Å². The van der Waals surface area contributed by atoms with E-state index in [4.69, 9.17) is 9.47 Å². The van der Waals surface area contributed by atoms with Gasteiger partial charge in [0.2, 0.25) is 0 Å². The molecule has 0 saturated heterocycles. The Hall–Kier alpha value is -2.72. The zero-order valence-electron chi connectivity index (χ0n) is 18.3. The molecule has 2 aliphatic heterocycles. The molecule has 5 rings (SSSR count). The number of methoxy groups -OCH3 is 1. The summed E-state index contributed by atoms with van der Waals surface area (Å²) >= 11 is 3.54. The Balaban J connectivity index is 1.73. The Morgan fingerprint density at radius 2 is 1.81 bits per heavy atom. The molecule has 1 N–H and O–H groups in total. The van der Waals surface area contributed by atoms with Gasteiger partial charge in [-0.3, -0.25) is 0 Å². The SMILES string of the molecule is COc1cccc2c1-c1ccc3c(c1C(Cc1ccc(Br)cc1)O2)C(C)=CC(C)(C)N3. The first-order chi connectivity index (χ1) is 14.9. The van der Waals surface area contributed by atoms with Gasteiger partial charge in [0.05, 0.1) is 18.2 Å². The Kier molecular flexibility index (Phi) is 4.86. The molecule has 1 atom stereocenters. The van der Waals surface area contributed by atoms with E-state index in [-0.39, 0.29) is 11.6 Å². The Labute approximate surface area is 192 Å². The molecule has 0 amide bonds. The molecule has 3 aromatic rings. The highest BCUT2D eigenvalue weighted by Gasteiger charge is 2.34. The summed E-state index contributed by atoms with van der Waals surface area (Å²) < 4.78 is 13.5. The largest absolute Gasteiger partial charge is 0.496 e. The maximum absolute atomic E-state index is 6.65. The normalized spacial score (nSPS) is 18.0. The number of hydrogen-bond donors (Lipinski definition) is 1. The van der Waals surface area contributed by atoms with Gasteiger partial charge in [-0.05, 0) is 67.8 Å². The van der Waals surface area contributed by atoms with Crippen LogP contribution in [-0.4, -0.2) is 12.6 Å². The van der Waals surface area contributed by atoms with E-state index in [1.54, 1.807) is 7.11 Å². The predicted molar refractivity (Wildman–Crippen MR) is 131 cm³/mol. The van der Waals surface area contributed by atoms with Crippen LogP contribution < -0.4 is 14.8 Å². The van der Waals surface area contributed by atoms with Crippen LogP contribution in [0.1, 0.15) is 43.6 Å². The number of hydrogen-bond acceptors (Lipinski definition) is 3. The van der Waals surface area contributed by atoms with Gasteiger partial charge in [-0.1, -0.05) is 46.3 Å². The first-order valence-corrected chi connectivity index (χ1v) is 11.4. The number of nitrogens with one attached hydrogen (secondary N) is 1. The Morgan fingerprint density at radius 3 is 2.55 bits per heavy atom. The predicted octanol–water partition coefficient (Wildman–Crippen LogP) is 7.41. The number of ether oxygens (including phenoxy) is 2. The minimum atomic E-state index is -0.0860. The Morgan fingerprint density at radius 1 is 1.03 bits per heavy atom. The third kappa shape index (κ3) is 3.53. The average molecular weight is 476 g/mol. The van der Waals surface area contributed by atoms with Gasteiger partial charge < -0.3 is 14.8 Å². The van der Waals surface area contributed by atoms with E-state index < -0.39 is 0 Å². The summed E-state index contributed by atoms with van der Waals surface area (Å²) in [7, 11) is 1.72. The van der Waals surface area contributed by atoms with Gasteiger partial charge in [0, 0.05) is 27.7 Å². The van der Waals surface area contributed by atoms with Crippen LogP contribution in [0.4, 0.5) is 5.69 Å². The van der Waals surface area contributed by atoms with Crippen molar-refractivity contribution >= 4 is 27.2 Å². The fraction of sp³-hybridized carbons (Fsp3) is 0.259. The van der Waals surface area contributed by atoms with Crippen LogP contribution in [-0.2, 0) is 6.42 Å². The van der Waals surface area contributed by atoms with Crippen LogP contribution in [0.15, 0.2) is 65.1 Å². The highest BCUT2D eigenvalue weighted by Crippen LogP contribution is 2.52. The number of fused-ring (bicyclic) bond motifs is 5. The van der Waals surface area contributed by atoms with Crippen molar-refractivity contribution in [2.24, 2.45) is 0 Å². The number of allylic oxidation sites excluding steroid dienone is 1. The molecule has 2 heterocycles. The van der Waals surface area contributed by atoms with E-state index in [9.17, 15) is 0 Å². The van der Waals surface area contributed by atoms with Gasteiger partial charge in [0.25, 0.3) is 0 Å². The van der Waals surface area contributed by atoms with Gasteiger partial charge in [-0.2, -0.15) is 0 Å². The lowest BCUT2D eigenvalue weighted by molar-refractivity contribution is 0.201. The minimum absolute atomic E-state index is 0.0857. The fourth-order valence-corrected chi connectivity index (χ4v) is 5.20. The summed E-state index contributed by atoms with van der Waals surface area (Å²) in [4.78, 5) is 0. The maximum Gasteiger partial charge on any atom is 0.131 e. The highest BCUT2D eigenvalue weighted by atomic mass is 79.9. The molecule has 158 valence electrons. The van der Waals surface area contributed by atoms with E-state index in [1.165, 1.54) is 27.8 Å². The molecule has 0 spiro atoms. The molecule has 0 bridgehead atoms. The lowest BCUT2D eigenvalue weighted by Crippen LogP contribution is -2.32. The van der Waals surface area contributed by atoms with Gasteiger partial charge in [0.15, 0.2) is 0 Å². The molecule has 1 unspecified atom stereocenters. The van der Waals surface area contributed by atoms with Crippen LogP contribution in [0.5, 0.6) is 11.5 Å². The quantitative estimate of drug-likeness (QED) is 0.427. The summed E-state index contributed by atoms with van der Waals surface area (Å²) in [6.07, 6.45) is 3.02. The first kappa shape index (κ1) is 20.2. The topological polar surface area (TPSA) is 30.5 Å². The summed E-state index contributed by atoms with van der Waals surface area (Å²) in [5, 5.41) is 3.69. The van der Waals surface area contributed by atoms with E-state index in [0.717, 1.165) is 33.6 Å². The number of anilines is 1. The van der Waals surface area contributed by atoms with Crippen molar-refractivity contribution in [3.05, 3.63) is 81.8 Å². The van der Waals surface area contributed by atoms with Crippen LogP contribution in [0.3, 0.4) is 0 Å². The van der Waals surface area contributed by atoms with Gasteiger partial charge in [-0.25, -0.2) is 0 Å². The zero-order valence-corrected chi connectivity index (χ0v) is 19.8. The first-order valence-electron chi connectivity index (χ1n) is 10.6. The van der Waals surface area contributed by atoms with Gasteiger partial charge in [-0.15, -0.1) is 0 Å². The third-order valence-electron chi connectivity index (χ3n) is 6.08. The fourth-order valence-electron chi connectivity index (χ4n) is 4.93. The molecule has 2 aliphatic rings. The van der Waals surface area contributed by atoms with Crippen molar-refractivity contribution in [3.63, 3.8) is 0 Å². The lowest BCUT2D eigenvalue weighted by atomic mass is 9.80. The van der Waals surface area contributed by atoms with Crippen molar-refractivity contribution in [1.29, 1.82) is 0 Å². The highest BCUT2D eigenvalue weighted by molar-refractivity contribution is 9.10. The summed E-state index contributed by atoms with van der Waals surface area (Å²) in [6, 6.07) is 19.0. The van der Waals surface area contributed by atoms with Crippen LogP contribution in [0.25, 0.3) is 16.7 Å². The number of halogens is 1. The van der Waals surface area contributed by atoms with Gasteiger partial charge in [0.1, 0.15) is 17.6 Å². The van der Waals surface area contributed by atoms with E-state index >= 15 is 0 Å². The van der Waals surface area contributed by atoms with Crippen molar-refractivity contribution in [2.75, 3.05) is 12.4 Å². The second-order valence-corrected chi connectivity index (χ2v) is 9.81. The second kappa shape index (κ2) is 7.45. The monoisotopic (exact) mass is 475 g/mol. The van der Waals surface area contributed by atoms with Crippen LogP contribution >= 0.6 is 15.9 Å². The molecule has 3 aromatic carbocycles. The number of benzene rings is 3. The molecule has 31 heavy (non-hydrogen) atoms. The molecule has 0 aliphatic carbocycles. The van der Waals surface area contributed by atoms with E-state index in [2.05, 4.69) is 84.5 Å². The molecule has 0 fully saturated rings. The van der Waals surface area contributed by atoms with Crippen molar-refractivity contribution in [3.8, 4) is 22.6 Å². The molecule has 0 saturated carbocycles. The molecule has 3 nitrogen and oxygen atoms in total. The average Bonchev–Trinajstić information content (AvgIpc) is 2.73. The third-order valence-corrected chi connectivity index (χ3v) is 6.61. The standard InChI is InChI=1S/C27H26BrNO2/c1-16-15-27(2,3)29-20-13-12-19-25-21(30-4)6-5-7-22(25)31-23(26(19)24(16)20)14-17-8-10-18(28)11-9-17/h5-13,15,23,29H,14H2,1-4H3. The maximum atomic E-state index is 6.65. The summed E-state index contributed by atoms with van der Waals surface area (Å²) in [5.74, 6) is 1.71. The minimum Gasteiger partial charge on any atom is -0.496 e. The van der Waals surface area contributed by atoms with Crippen LogP contribution in [0.2, 0.25) is 0 Å². The van der Waals surface area contributed by atoms with E-state index in [0.29, 0.717) is 0 Å². The van der Waals surface area contributed by atoms with Crippen molar-refractivity contribution in [2.45, 2.75) is 38.8 Å². The van der Waals surface area contributed by atoms with Crippen molar-refractivity contribution < 1.29 is 9.47 Å². The molecule has 0 aromatic heterocycles. The van der Waals surface area contributed by atoms with Crippen molar-refractivity contribution in [1.82, 2.24) is 0 Å². The number of rotatable bonds is 3. The van der Waals surface area contributed by atoms with Crippen LogP contribution in [0, 0.1) is 0 Å². The lowest BCUT2D eigenvalue weighted by Gasteiger charge is -2.37. The molecular formula is C27H26BrNO2. The molecule has 0 radical (unpaired) electrons. The summed E-state index contributed by atoms with van der Waals surface area (Å²) in [5.41, 5.74) is 8.29. The Bertz CT molecular complexity index is 1190. The smallest absolute Gasteiger partial charge is 0.131 e. The molecule has 4 heteroatoms. The second-order valence-electron chi connectivity index (χ2n) is 8.89. The zero-order chi connectivity index (χ0) is 21.8.